The van der Waals surface area contributed by atoms with E-state index in [9.17, 15) is 4.79 Å². The van der Waals surface area contributed by atoms with Gasteiger partial charge in [-0.1, -0.05) is 30.3 Å². The van der Waals surface area contributed by atoms with Gasteiger partial charge in [0, 0.05) is 0 Å². The number of benzene rings is 1. The number of allylic oxidation sites excluding steroid dienone is 1. The van der Waals surface area contributed by atoms with E-state index in [1.165, 1.54) is 0 Å². The molecule has 3 nitrogen and oxygen atoms in total. The van der Waals surface area contributed by atoms with Gasteiger partial charge in [0.1, 0.15) is 6.61 Å². The number of rotatable bonds is 4. The first-order chi connectivity index (χ1) is 7.74. The van der Waals surface area contributed by atoms with Gasteiger partial charge in [-0.15, -0.1) is 0 Å². The van der Waals surface area contributed by atoms with Crippen LogP contribution in [0, 0.1) is 0 Å². The first kappa shape index (κ1) is 12.3. The van der Waals surface area contributed by atoms with E-state index in [-0.39, 0.29) is 6.61 Å². The maximum absolute atomic E-state index is 10.9. The Labute approximate surface area is 95.7 Å². The predicted octanol–water partition coefficient (Wildman–Crippen LogP) is 3.26. The Kier molecular flexibility index (Phi) is 5.12. The van der Waals surface area contributed by atoms with Gasteiger partial charge in [0.2, 0.25) is 0 Å². The lowest BCUT2D eigenvalue weighted by Crippen LogP contribution is -2.06. The third kappa shape index (κ3) is 4.17. The standard InChI is InChI=1S/C13H16O3/c1-3-15-13(14)16-10-9-11(2)12-7-5-4-6-8-12/h4-9H,3,10H2,1-2H3/b11-9-. The van der Waals surface area contributed by atoms with E-state index >= 15 is 0 Å². The molecule has 0 unspecified atom stereocenters. The minimum absolute atomic E-state index is 0.236. The summed E-state index contributed by atoms with van der Waals surface area (Å²) in [6.07, 6.45) is 1.23. The van der Waals surface area contributed by atoms with Crippen molar-refractivity contribution in [2.24, 2.45) is 0 Å². The van der Waals surface area contributed by atoms with E-state index < -0.39 is 6.16 Å². The van der Waals surface area contributed by atoms with E-state index in [0.29, 0.717) is 6.61 Å². The summed E-state index contributed by atoms with van der Waals surface area (Å²) in [6.45, 7) is 4.29. The second-order valence-electron chi connectivity index (χ2n) is 3.25. The monoisotopic (exact) mass is 220 g/mol. The van der Waals surface area contributed by atoms with Gasteiger partial charge in [0.05, 0.1) is 6.61 Å². The first-order valence-electron chi connectivity index (χ1n) is 5.25. The lowest BCUT2D eigenvalue weighted by atomic mass is 10.1. The minimum atomic E-state index is -0.625. The minimum Gasteiger partial charge on any atom is -0.435 e. The Balaban J connectivity index is 2.43. The molecule has 0 heterocycles. The summed E-state index contributed by atoms with van der Waals surface area (Å²) in [4.78, 5) is 10.9. The van der Waals surface area contributed by atoms with Crippen molar-refractivity contribution in [2.45, 2.75) is 13.8 Å². The number of ether oxygens (including phenoxy) is 2. The lowest BCUT2D eigenvalue weighted by Gasteiger charge is -2.03. The summed E-state index contributed by atoms with van der Waals surface area (Å²) < 4.78 is 9.48. The summed E-state index contributed by atoms with van der Waals surface area (Å²) in [6, 6.07) is 9.93. The van der Waals surface area contributed by atoms with Crippen molar-refractivity contribution in [2.75, 3.05) is 13.2 Å². The molecule has 86 valence electrons. The number of hydrogen-bond acceptors (Lipinski definition) is 3. The summed E-state index contributed by atoms with van der Waals surface area (Å²) in [5, 5.41) is 0. The van der Waals surface area contributed by atoms with E-state index in [4.69, 9.17) is 4.74 Å². The van der Waals surface area contributed by atoms with Crippen molar-refractivity contribution in [3.63, 3.8) is 0 Å². The Morgan fingerprint density at radius 1 is 1.25 bits per heavy atom. The summed E-state index contributed by atoms with van der Waals surface area (Å²) >= 11 is 0. The van der Waals surface area contributed by atoms with Crippen LogP contribution in [0.1, 0.15) is 19.4 Å². The fourth-order valence-electron chi connectivity index (χ4n) is 1.21. The van der Waals surface area contributed by atoms with Crippen LogP contribution < -0.4 is 0 Å². The smallest absolute Gasteiger partial charge is 0.435 e. The van der Waals surface area contributed by atoms with Crippen LogP contribution in [-0.4, -0.2) is 19.4 Å². The van der Waals surface area contributed by atoms with Crippen molar-refractivity contribution in [1.82, 2.24) is 0 Å². The highest BCUT2D eigenvalue weighted by Crippen LogP contribution is 2.12. The second-order valence-corrected chi connectivity index (χ2v) is 3.25. The molecule has 1 rings (SSSR count). The van der Waals surface area contributed by atoms with Crippen molar-refractivity contribution in [3.05, 3.63) is 42.0 Å². The van der Waals surface area contributed by atoms with Crippen LogP contribution >= 0.6 is 0 Å². The zero-order valence-corrected chi connectivity index (χ0v) is 9.60. The van der Waals surface area contributed by atoms with Gasteiger partial charge >= 0.3 is 6.16 Å². The molecule has 0 aliphatic rings. The Bertz CT molecular complexity index is 355. The Morgan fingerprint density at radius 2 is 1.94 bits per heavy atom. The maximum atomic E-state index is 10.9. The number of hydrogen-bond donors (Lipinski definition) is 0. The van der Waals surface area contributed by atoms with Gasteiger partial charge in [-0.2, -0.15) is 0 Å². The lowest BCUT2D eigenvalue weighted by molar-refractivity contribution is 0.0674. The average Bonchev–Trinajstić information content (AvgIpc) is 2.30. The van der Waals surface area contributed by atoms with Crippen LogP contribution in [0.25, 0.3) is 5.57 Å². The van der Waals surface area contributed by atoms with Gasteiger partial charge < -0.3 is 9.47 Å². The zero-order valence-electron chi connectivity index (χ0n) is 9.60. The summed E-state index contributed by atoms with van der Waals surface area (Å²) in [5.41, 5.74) is 2.19. The normalized spacial score (nSPS) is 11.0. The van der Waals surface area contributed by atoms with Gasteiger partial charge in [0.15, 0.2) is 0 Å². The summed E-state index contributed by atoms with van der Waals surface area (Å²) in [7, 11) is 0. The SMILES string of the molecule is CCOC(=O)OC/C=C(/C)c1ccccc1. The summed E-state index contributed by atoms with van der Waals surface area (Å²) in [5.74, 6) is 0. The van der Waals surface area contributed by atoms with E-state index in [2.05, 4.69) is 4.74 Å². The van der Waals surface area contributed by atoms with Crippen molar-refractivity contribution < 1.29 is 14.3 Å². The predicted molar refractivity (Wildman–Crippen MR) is 63.1 cm³/mol. The molecular weight excluding hydrogens is 204 g/mol. The Hall–Kier alpha value is -1.77. The maximum Gasteiger partial charge on any atom is 0.508 e. The Morgan fingerprint density at radius 3 is 2.56 bits per heavy atom. The second kappa shape index (κ2) is 6.67. The number of carbonyl (C=O) groups excluding carboxylic acids is 1. The van der Waals surface area contributed by atoms with Crippen LogP contribution in [0.4, 0.5) is 4.79 Å². The fourth-order valence-corrected chi connectivity index (χ4v) is 1.21. The highest BCUT2D eigenvalue weighted by Gasteiger charge is 2.00. The van der Waals surface area contributed by atoms with E-state index in [1.54, 1.807) is 6.92 Å². The van der Waals surface area contributed by atoms with E-state index in [0.717, 1.165) is 11.1 Å². The van der Waals surface area contributed by atoms with Gasteiger partial charge in [0.25, 0.3) is 0 Å². The van der Waals surface area contributed by atoms with Crippen LogP contribution in [-0.2, 0) is 9.47 Å². The van der Waals surface area contributed by atoms with Crippen LogP contribution in [0.15, 0.2) is 36.4 Å². The molecule has 0 spiro atoms. The third-order valence-corrected chi connectivity index (χ3v) is 2.08. The molecular formula is C13H16O3. The molecule has 0 saturated heterocycles. The van der Waals surface area contributed by atoms with Gasteiger partial charge in [-0.05, 0) is 31.1 Å². The highest BCUT2D eigenvalue weighted by molar-refractivity contribution is 5.64. The molecule has 1 aromatic rings. The van der Waals surface area contributed by atoms with Crippen molar-refractivity contribution in [1.29, 1.82) is 0 Å². The van der Waals surface area contributed by atoms with Gasteiger partial charge in [-0.25, -0.2) is 4.79 Å². The molecule has 16 heavy (non-hydrogen) atoms. The molecule has 0 bridgehead atoms. The zero-order chi connectivity index (χ0) is 11.8. The average molecular weight is 220 g/mol. The molecule has 0 fully saturated rings. The van der Waals surface area contributed by atoms with Crippen LogP contribution in [0.5, 0.6) is 0 Å². The topological polar surface area (TPSA) is 35.5 Å². The van der Waals surface area contributed by atoms with Crippen LogP contribution in [0.3, 0.4) is 0 Å². The molecule has 1 aromatic carbocycles. The molecule has 0 aliphatic carbocycles. The largest absolute Gasteiger partial charge is 0.508 e. The quantitative estimate of drug-likeness (QED) is 0.730. The molecule has 0 aliphatic heterocycles. The molecule has 0 radical (unpaired) electrons. The molecule has 0 aromatic heterocycles. The molecule has 3 heteroatoms. The molecule has 0 saturated carbocycles. The third-order valence-electron chi connectivity index (χ3n) is 2.08. The highest BCUT2D eigenvalue weighted by atomic mass is 16.7. The fraction of sp³-hybridized carbons (Fsp3) is 0.308. The molecule has 0 N–H and O–H groups in total. The molecule has 0 amide bonds. The van der Waals surface area contributed by atoms with Gasteiger partial charge in [-0.3, -0.25) is 0 Å². The van der Waals surface area contributed by atoms with Crippen molar-refractivity contribution in [3.8, 4) is 0 Å². The first-order valence-corrected chi connectivity index (χ1v) is 5.25. The molecule has 0 atom stereocenters. The van der Waals surface area contributed by atoms with Crippen molar-refractivity contribution >= 4 is 11.7 Å². The number of carbonyl (C=O) groups is 1. The van der Waals surface area contributed by atoms with E-state index in [1.807, 2.05) is 43.3 Å². The van der Waals surface area contributed by atoms with Crippen LogP contribution in [0.2, 0.25) is 0 Å².